The second kappa shape index (κ2) is 16.5. The summed E-state index contributed by atoms with van der Waals surface area (Å²) in [5, 5.41) is -1.04. The first kappa shape index (κ1) is 36.1. The Hall–Kier alpha value is -0.934. The fraction of sp³-hybridized carbons (Fsp3) is 0.448. The maximum absolute atomic E-state index is 13.0. The number of imide groups is 1. The quantitative estimate of drug-likeness (QED) is 0.120. The van der Waals surface area contributed by atoms with Crippen LogP contribution in [0.3, 0.4) is 0 Å². The van der Waals surface area contributed by atoms with Crippen LogP contribution >= 0.6 is 11.8 Å². The van der Waals surface area contributed by atoms with Gasteiger partial charge in [-0.3, -0.25) is 19.3 Å². The van der Waals surface area contributed by atoms with E-state index >= 15 is 0 Å². The minimum Gasteiger partial charge on any atom is -0.454 e. The number of ether oxygens (including phenoxy) is 1. The molecule has 7 nitrogen and oxygen atoms in total. The molecule has 2 aliphatic carbocycles. The van der Waals surface area contributed by atoms with Crippen LogP contribution in [-0.4, -0.2) is 54.2 Å². The number of nitrogens with zero attached hydrogens (tertiary/aromatic N) is 1. The molecule has 0 N–H and O–H groups in total. The summed E-state index contributed by atoms with van der Waals surface area (Å²) in [6, 6.07) is 0. The third kappa shape index (κ3) is 10.4. The molecule has 3 fully saturated rings. The third-order valence-electron chi connectivity index (χ3n) is 6.76. The van der Waals surface area contributed by atoms with Crippen molar-refractivity contribution >= 4 is 43.0 Å². The molecule has 0 spiro atoms. The molecule has 39 heavy (non-hydrogen) atoms. The zero-order valence-electron chi connectivity index (χ0n) is 23.5. The van der Waals surface area contributed by atoms with Crippen molar-refractivity contribution in [1.82, 2.24) is 4.90 Å². The number of β-lactam (4-membered cyclic amide) rings is 1. The number of amides is 2. The van der Waals surface area contributed by atoms with Crippen LogP contribution in [0.25, 0.3) is 0 Å². The minimum atomic E-state index is -2.21. The van der Waals surface area contributed by atoms with Crippen LogP contribution in [0.1, 0.15) is 40.5 Å². The Balaban J connectivity index is 0.00000113. The molecule has 3 aliphatic rings. The van der Waals surface area contributed by atoms with Crippen molar-refractivity contribution in [2.24, 2.45) is 5.92 Å². The van der Waals surface area contributed by atoms with Gasteiger partial charge in [-0.25, -0.2) is 4.79 Å². The molecule has 2 saturated carbocycles. The van der Waals surface area contributed by atoms with Gasteiger partial charge in [0.05, 0.1) is 12.0 Å². The number of carbonyl (C=O) groups excluding carboxylic acids is 4. The van der Waals surface area contributed by atoms with Crippen LogP contribution in [0.15, 0.2) is 12.7 Å². The summed E-state index contributed by atoms with van der Waals surface area (Å²) in [4.78, 5) is 51.3. The first-order valence-corrected chi connectivity index (χ1v) is 16.5. The van der Waals surface area contributed by atoms with Crippen molar-refractivity contribution in [1.29, 1.82) is 0 Å². The summed E-state index contributed by atoms with van der Waals surface area (Å²) >= 11 is 0.912. The molecule has 10 radical (unpaired) electrons. The minimum absolute atomic E-state index is 0. The average Bonchev–Trinajstić information content (AvgIpc) is 3.57. The normalized spacial score (nSPS) is 22.2. The van der Waals surface area contributed by atoms with Crippen molar-refractivity contribution in [3.63, 3.8) is 0 Å². The number of rotatable bonds is 9. The van der Waals surface area contributed by atoms with Gasteiger partial charge in [-0.15, -0.1) is 0 Å². The molecule has 0 aromatic rings. The third-order valence-corrected chi connectivity index (χ3v) is 12.5. The fourth-order valence-electron chi connectivity index (χ4n) is 3.61. The first-order valence-electron chi connectivity index (χ1n) is 12.7. The molecule has 212 valence electrons. The summed E-state index contributed by atoms with van der Waals surface area (Å²) in [7, 11) is -2.21. The Morgan fingerprint density at radius 3 is 2.10 bits per heavy atom. The molecule has 3 atom stereocenters. The molecule has 2 amide bonds. The summed E-state index contributed by atoms with van der Waals surface area (Å²) in [6.45, 7) is 15.5. The number of esters is 1. The largest absolute Gasteiger partial charge is 2.00 e. The van der Waals surface area contributed by atoms with E-state index in [1.54, 1.807) is 6.92 Å². The van der Waals surface area contributed by atoms with Gasteiger partial charge in [0.25, 0.3) is 0 Å². The van der Waals surface area contributed by atoms with Crippen LogP contribution in [0.4, 0.5) is 0 Å². The summed E-state index contributed by atoms with van der Waals surface area (Å²) in [6.07, 6.45) is 19.3. The van der Waals surface area contributed by atoms with Crippen molar-refractivity contribution in [2.75, 3.05) is 6.61 Å². The summed E-state index contributed by atoms with van der Waals surface area (Å²) < 4.78 is 11.2. The number of likely N-dealkylation sites (tertiary alicyclic amines) is 1. The second-order valence-corrected chi connectivity index (χ2v) is 16.6. The van der Waals surface area contributed by atoms with Crippen LogP contribution in [0, 0.1) is 69.6 Å². The standard InChI is InChI=1S/C24H34NO6SSi.C5H5.Fe/c1-8-15-30-23(29)21(28)25-20(27)19(16(2)31-33(6,7)24(3,4)5)22(25)32-18(26)14-13-17-11-9-10-12-17;1-2-4-5-3-1;/h8-12,16,19,22H,1,13-15H2,2-7H3;1-5H;/q;;+2/t16-,19+,22-;;/m1../s1. The van der Waals surface area contributed by atoms with E-state index in [9.17, 15) is 19.2 Å². The molecule has 1 saturated heterocycles. The van der Waals surface area contributed by atoms with Gasteiger partial charge in [0, 0.05) is 6.42 Å². The van der Waals surface area contributed by atoms with Crippen molar-refractivity contribution in [3.8, 4) is 0 Å². The van der Waals surface area contributed by atoms with Crippen LogP contribution in [0.2, 0.25) is 18.1 Å². The predicted octanol–water partition coefficient (Wildman–Crippen LogP) is 4.90. The van der Waals surface area contributed by atoms with Crippen LogP contribution < -0.4 is 0 Å². The Morgan fingerprint density at radius 1 is 1.08 bits per heavy atom. The van der Waals surface area contributed by atoms with Crippen LogP contribution in [-0.2, 0) is 45.4 Å². The van der Waals surface area contributed by atoms with E-state index in [-0.39, 0.29) is 40.2 Å². The SMILES string of the molecule is C=CCOC(=O)C(=O)N1C(=O)[C@H]([C@@H](C)O[Si](C)(C)C(C)(C)C)[C@H]1SC(=O)CC[C]1[CH][CH][CH][CH]1.[CH]1[CH][CH][CH][CH]1.[Fe+2]. The number of hydrogen-bond donors (Lipinski definition) is 0. The van der Waals surface area contributed by atoms with Gasteiger partial charge in [-0.1, -0.05) is 45.2 Å². The molecule has 10 heteroatoms. The molecule has 1 aliphatic heterocycles. The zero-order valence-corrected chi connectivity index (χ0v) is 26.4. The van der Waals surface area contributed by atoms with Gasteiger partial charge in [-0.05, 0) is 95.2 Å². The maximum atomic E-state index is 13.0. The molecule has 0 aromatic heterocycles. The van der Waals surface area contributed by atoms with Gasteiger partial charge < -0.3 is 9.16 Å². The van der Waals surface area contributed by atoms with Crippen molar-refractivity contribution in [3.05, 3.63) is 76.4 Å². The van der Waals surface area contributed by atoms with Crippen molar-refractivity contribution in [2.45, 2.75) is 70.1 Å². The van der Waals surface area contributed by atoms with Gasteiger partial charge in [0.2, 0.25) is 5.91 Å². The number of carbonyl (C=O) groups is 4. The molecular weight excluding hydrogens is 574 g/mol. The van der Waals surface area contributed by atoms with E-state index in [1.165, 1.54) is 6.08 Å². The Kier molecular flexibility index (Phi) is 15.3. The first-order chi connectivity index (χ1) is 17.8. The summed E-state index contributed by atoms with van der Waals surface area (Å²) in [5.74, 6) is -2.40. The number of hydrogen-bond acceptors (Lipinski definition) is 7. The second-order valence-electron chi connectivity index (χ2n) is 10.6. The van der Waals surface area contributed by atoms with Gasteiger partial charge in [0.1, 0.15) is 12.0 Å². The Bertz CT molecular complexity index is 844. The Morgan fingerprint density at radius 2 is 1.62 bits per heavy atom. The zero-order chi connectivity index (χ0) is 28.5. The molecule has 0 bridgehead atoms. The number of thioether (sulfide) groups is 1. The monoisotopic (exact) mass is 613 g/mol. The topological polar surface area (TPSA) is 90.0 Å². The van der Waals surface area contributed by atoms with E-state index < -0.39 is 43.5 Å². The van der Waals surface area contributed by atoms with Gasteiger partial charge in [0.15, 0.2) is 13.4 Å². The molecule has 0 unspecified atom stereocenters. The van der Waals surface area contributed by atoms with E-state index in [1.807, 2.05) is 57.8 Å². The van der Waals surface area contributed by atoms with E-state index in [0.717, 1.165) is 22.6 Å². The van der Waals surface area contributed by atoms with Crippen molar-refractivity contribution < 1.29 is 45.4 Å². The van der Waals surface area contributed by atoms with E-state index in [2.05, 4.69) is 40.4 Å². The molecule has 0 aromatic carbocycles. The average molecular weight is 614 g/mol. The fourth-order valence-corrected chi connectivity index (χ4v) is 6.32. The smallest absolute Gasteiger partial charge is 0.454 e. The Labute approximate surface area is 251 Å². The van der Waals surface area contributed by atoms with E-state index in [0.29, 0.717) is 6.42 Å². The van der Waals surface area contributed by atoms with E-state index in [4.69, 9.17) is 9.16 Å². The van der Waals surface area contributed by atoms with Crippen LogP contribution in [0.5, 0.6) is 0 Å². The molecule has 1 heterocycles. The van der Waals surface area contributed by atoms with Gasteiger partial charge >= 0.3 is 28.9 Å². The predicted molar refractivity (Wildman–Crippen MR) is 152 cm³/mol. The van der Waals surface area contributed by atoms with Gasteiger partial charge in [-0.2, -0.15) is 0 Å². The molecule has 3 rings (SSSR count). The maximum Gasteiger partial charge on any atom is 2.00 e. The summed E-state index contributed by atoms with van der Waals surface area (Å²) in [5.41, 5.74) is 0. The molecular formula is C29H39FeNO6SSi+2.